The van der Waals surface area contributed by atoms with Crippen LogP contribution < -0.4 is 25.2 Å². The molecule has 3 aromatic rings. The van der Waals surface area contributed by atoms with Gasteiger partial charge in [0.05, 0.1) is 35.4 Å². The number of fused-ring (bicyclic) bond motifs is 1. The van der Waals surface area contributed by atoms with Crippen molar-refractivity contribution >= 4 is 38.6 Å². The summed E-state index contributed by atoms with van der Waals surface area (Å²) in [5.74, 6) is -1.32. The number of methoxy groups -OCH3 is 1. The molecule has 0 spiro atoms. The number of benzene rings is 2. The van der Waals surface area contributed by atoms with Gasteiger partial charge in [0.25, 0.3) is 0 Å². The van der Waals surface area contributed by atoms with Gasteiger partial charge >= 0.3 is 0 Å². The largest absolute Gasteiger partial charge is 0.497 e. The van der Waals surface area contributed by atoms with E-state index < -0.39 is 33.0 Å². The molecule has 3 aliphatic carbocycles. The molecule has 3 saturated carbocycles. The topological polar surface area (TPSA) is 167 Å². The molecule has 6 rings (SSSR count). The highest BCUT2D eigenvalue weighted by atomic mass is 32.2. The van der Waals surface area contributed by atoms with Gasteiger partial charge in [-0.25, -0.2) is 13.4 Å². The number of ether oxygens (including phenoxy) is 2. The Bertz CT molecular complexity index is 1840. The number of carbonyl (C=O) groups excluding carboxylic acids is 3. The number of nitrogens with zero attached hydrogens (tertiary/aromatic N) is 1. The molecule has 0 saturated heterocycles. The third kappa shape index (κ3) is 8.46. The van der Waals surface area contributed by atoms with E-state index in [1.54, 1.807) is 7.11 Å². The molecule has 1 heterocycles. The Labute approximate surface area is 293 Å². The standard InChI is InChI=1S/C38H46N4O7S/c1-48-26-15-18-30-34(22-26)41-33(25-11-6-4-7-12-25)23-35(30)49-27-20-31(36(39)43)32(21-27)37(44)40-19-8-3-2-5-10-24-13-9-14-29(24)38(45)42-50(46,47)28-16-17-28/h4-7,10-12,15,18,22-24,27-29,31-32H,2-3,8-9,13-14,16-17,19-21H2,1H3,(H2,39,43)(H,40,44)(H,42,45)/b10-5-/t24-,27-,29?,31-,32-/m1/s1. The lowest BCUT2D eigenvalue weighted by atomic mass is 9.94. The Hall–Kier alpha value is -4.45. The lowest BCUT2D eigenvalue weighted by molar-refractivity contribution is -0.132. The molecule has 5 atom stereocenters. The number of aromatic nitrogens is 1. The molecular formula is C38H46N4O7S. The third-order valence-electron chi connectivity index (χ3n) is 10.2. The monoisotopic (exact) mass is 702 g/mol. The fourth-order valence-corrected chi connectivity index (χ4v) is 8.61. The minimum atomic E-state index is -3.54. The molecule has 3 amide bonds. The number of rotatable bonds is 15. The lowest BCUT2D eigenvalue weighted by Gasteiger charge is -2.17. The van der Waals surface area contributed by atoms with Gasteiger partial charge in [-0.3, -0.25) is 19.1 Å². The molecule has 12 heteroatoms. The van der Waals surface area contributed by atoms with E-state index in [-0.39, 0.29) is 29.8 Å². The number of unbranched alkanes of at least 4 members (excludes halogenated alkanes) is 2. The maximum absolute atomic E-state index is 13.3. The van der Waals surface area contributed by atoms with Crippen LogP contribution in [0.2, 0.25) is 0 Å². The SMILES string of the molecule is COc1ccc2c(O[C@@H]3C[C@@H](C(N)=O)[C@H](C(=O)NCCCC/C=C\[C@@H]4CCCC4C(=O)NS(=O)(=O)C4CC4)C3)cc(-c3ccccc3)nc2c1. The summed E-state index contributed by atoms with van der Waals surface area (Å²) in [7, 11) is -1.93. The van der Waals surface area contributed by atoms with Crippen LogP contribution in [0.4, 0.5) is 0 Å². The lowest BCUT2D eigenvalue weighted by Crippen LogP contribution is -2.38. The van der Waals surface area contributed by atoms with Gasteiger partial charge in [-0.2, -0.15) is 0 Å². The summed E-state index contributed by atoms with van der Waals surface area (Å²) in [6.45, 7) is 0.463. The van der Waals surface area contributed by atoms with E-state index in [1.165, 1.54) is 0 Å². The summed E-state index contributed by atoms with van der Waals surface area (Å²) in [6.07, 6.45) is 10.4. The highest BCUT2D eigenvalue weighted by molar-refractivity contribution is 7.90. The van der Waals surface area contributed by atoms with Crippen LogP contribution in [0.3, 0.4) is 0 Å². The van der Waals surface area contributed by atoms with Gasteiger partial charge in [0.15, 0.2) is 0 Å². The second-order valence-electron chi connectivity index (χ2n) is 13.7. The predicted molar refractivity (Wildman–Crippen MR) is 190 cm³/mol. The summed E-state index contributed by atoms with van der Waals surface area (Å²) >= 11 is 0. The van der Waals surface area contributed by atoms with Crippen molar-refractivity contribution < 1.29 is 32.3 Å². The van der Waals surface area contributed by atoms with Crippen LogP contribution in [0.5, 0.6) is 11.5 Å². The number of hydrogen-bond acceptors (Lipinski definition) is 8. The molecule has 0 aliphatic heterocycles. The van der Waals surface area contributed by atoms with Crippen LogP contribution in [0.1, 0.15) is 64.2 Å². The van der Waals surface area contributed by atoms with E-state index in [4.69, 9.17) is 20.2 Å². The van der Waals surface area contributed by atoms with Gasteiger partial charge < -0.3 is 20.5 Å². The van der Waals surface area contributed by atoms with Crippen LogP contribution in [-0.4, -0.2) is 56.1 Å². The van der Waals surface area contributed by atoms with Crippen LogP contribution >= 0.6 is 0 Å². The predicted octanol–water partition coefficient (Wildman–Crippen LogP) is 5.04. The van der Waals surface area contributed by atoms with Gasteiger partial charge in [-0.1, -0.05) is 48.9 Å². The fraction of sp³-hybridized carbons (Fsp3) is 0.474. The van der Waals surface area contributed by atoms with Gasteiger partial charge in [-0.05, 0) is 75.8 Å². The van der Waals surface area contributed by atoms with Crippen LogP contribution in [0.15, 0.2) is 66.7 Å². The van der Waals surface area contributed by atoms with Crippen LogP contribution in [0.25, 0.3) is 22.2 Å². The van der Waals surface area contributed by atoms with E-state index in [0.29, 0.717) is 55.7 Å². The van der Waals surface area contributed by atoms with Crippen molar-refractivity contribution in [1.82, 2.24) is 15.0 Å². The molecule has 0 radical (unpaired) electrons. The molecule has 2 aromatic carbocycles. The number of nitrogens with two attached hydrogens (primary N) is 1. The highest BCUT2D eigenvalue weighted by Crippen LogP contribution is 2.39. The summed E-state index contributed by atoms with van der Waals surface area (Å²) < 4.78 is 38.7. The van der Waals surface area contributed by atoms with E-state index in [1.807, 2.05) is 60.7 Å². The first-order chi connectivity index (χ1) is 24.1. The van der Waals surface area contributed by atoms with Crippen molar-refractivity contribution in [2.75, 3.05) is 13.7 Å². The van der Waals surface area contributed by atoms with Crippen molar-refractivity contribution in [2.24, 2.45) is 29.4 Å². The average Bonchev–Trinajstić information content (AvgIpc) is 3.74. The Morgan fingerprint density at radius 2 is 1.72 bits per heavy atom. The number of sulfonamides is 1. The van der Waals surface area contributed by atoms with Gasteiger partial charge in [-0.15, -0.1) is 0 Å². The second kappa shape index (κ2) is 15.6. The number of hydrogen-bond donors (Lipinski definition) is 3. The molecule has 1 aromatic heterocycles. The third-order valence-corrected chi connectivity index (χ3v) is 12.0. The Balaban J connectivity index is 1.01. The zero-order valence-electron chi connectivity index (χ0n) is 28.4. The van der Waals surface area contributed by atoms with E-state index in [2.05, 4.69) is 16.1 Å². The minimum Gasteiger partial charge on any atom is -0.497 e. The van der Waals surface area contributed by atoms with Crippen molar-refractivity contribution in [3.05, 3.63) is 66.7 Å². The average molecular weight is 703 g/mol. The van der Waals surface area contributed by atoms with E-state index in [9.17, 15) is 22.8 Å². The molecule has 3 fully saturated rings. The number of carbonyl (C=O) groups is 3. The Morgan fingerprint density at radius 3 is 2.46 bits per heavy atom. The zero-order chi connectivity index (χ0) is 35.3. The normalized spacial score (nSPS) is 23.6. The molecular weight excluding hydrogens is 657 g/mol. The summed E-state index contributed by atoms with van der Waals surface area (Å²) in [5, 5.41) is 3.38. The molecule has 11 nitrogen and oxygen atoms in total. The first-order valence-corrected chi connectivity index (χ1v) is 19.2. The summed E-state index contributed by atoms with van der Waals surface area (Å²) in [5.41, 5.74) is 8.16. The van der Waals surface area contributed by atoms with Crippen molar-refractivity contribution in [2.45, 2.75) is 75.6 Å². The number of nitrogens with one attached hydrogen (secondary N) is 2. The molecule has 4 N–H and O–H groups in total. The van der Waals surface area contributed by atoms with Gasteiger partial charge in [0, 0.05) is 35.5 Å². The summed E-state index contributed by atoms with van der Waals surface area (Å²) in [6, 6.07) is 17.3. The summed E-state index contributed by atoms with van der Waals surface area (Å²) in [4.78, 5) is 43.3. The second-order valence-corrected chi connectivity index (χ2v) is 15.7. The maximum atomic E-state index is 13.3. The van der Waals surface area contributed by atoms with Crippen LogP contribution in [-0.2, 0) is 24.4 Å². The molecule has 266 valence electrons. The molecule has 50 heavy (non-hydrogen) atoms. The molecule has 1 unspecified atom stereocenters. The van der Waals surface area contributed by atoms with E-state index in [0.717, 1.165) is 48.7 Å². The number of primary amides is 1. The number of pyridine rings is 1. The minimum absolute atomic E-state index is 0.0327. The number of amides is 3. The quantitative estimate of drug-likeness (QED) is 0.146. The Morgan fingerprint density at radius 1 is 0.940 bits per heavy atom. The zero-order valence-corrected chi connectivity index (χ0v) is 29.2. The molecule has 0 bridgehead atoms. The van der Waals surface area contributed by atoms with Crippen molar-refractivity contribution in [3.63, 3.8) is 0 Å². The van der Waals surface area contributed by atoms with E-state index >= 15 is 0 Å². The van der Waals surface area contributed by atoms with Crippen molar-refractivity contribution in [3.8, 4) is 22.8 Å². The smallest absolute Gasteiger partial charge is 0.237 e. The highest BCUT2D eigenvalue weighted by Gasteiger charge is 2.43. The first-order valence-electron chi connectivity index (χ1n) is 17.6. The first kappa shape index (κ1) is 35.4. The van der Waals surface area contributed by atoms with Crippen molar-refractivity contribution in [1.29, 1.82) is 0 Å². The van der Waals surface area contributed by atoms with Gasteiger partial charge in [0.2, 0.25) is 27.7 Å². The molecule has 3 aliphatic rings. The fourth-order valence-electron chi connectivity index (χ4n) is 7.25. The maximum Gasteiger partial charge on any atom is 0.237 e. The van der Waals surface area contributed by atoms with Crippen LogP contribution in [0, 0.1) is 23.7 Å². The Kier molecular flexibility index (Phi) is 11.1. The van der Waals surface area contributed by atoms with Gasteiger partial charge in [0.1, 0.15) is 17.6 Å². The number of allylic oxidation sites excluding steroid dienone is 2.